The Morgan fingerprint density at radius 1 is 1.16 bits per heavy atom. The number of carbonyl (C=O) groups is 1. The van der Waals surface area contributed by atoms with Crippen LogP contribution in [-0.4, -0.2) is 17.0 Å². The maximum absolute atomic E-state index is 13.8. The molecular formula is C20H19FN2O2. The monoisotopic (exact) mass is 338 g/mol. The number of ether oxygens (including phenoxy) is 1. The van der Waals surface area contributed by atoms with Crippen molar-refractivity contribution < 1.29 is 13.9 Å². The van der Waals surface area contributed by atoms with Gasteiger partial charge in [-0.25, -0.2) is 4.39 Å². The van der Waals surface area contributed by atoms with Crippen molar-refractivity contribution in [2.75, 3.05) is 5.32 Å². The first-order chi connectivity index (χ1) is 12.1. The Hall–Kier alpha value is -2.95. The van der Waals surface area contributed by atoms with Crippen molar-refractivity contribution in [2.24, 2.45) is 0 Å². The van der Waals surface area contributed by atoms with E-state index in [4.69, 9.17) is 4.74 Å². The highest BCUT2D eigenvalue weighted by molar-refractivity contribution is 6.02. The van der Waals surface area contributed by atoms with Crippen molar-refractivity contribution in [1.82, 2.24) is 4.98 Å². The van der Waals surface area contributed by atoms with Gasteiger partial charge in [-0.05, 0) is 37.6 Å². The van der Waals surface area contributed by atoms with Crippen molar-refractivity contribution in [2.45, 2.75) is 26.4 Å². The first-order valence-corrected chi connectivity index (χ1v) is 8.17. The predicted octanol–water partition coefficient (Wildman–Crippen LogP) is 4.48. The number of hydrogen-bond acceptors (Lipinski definition) is 3. The third-order valence-electron chi connectivity index (χ3n) is 3.89. The van der Waals surface area contributed by atoms with Gasteiger partial charge in [0.25, 0.3) is 5.91 Å². The molecule has 0 bridgehead atoms. The summed E-state index contributed by atoms with van der Waals surface area (Å²) < 4.78 is 19.3. The van der Waals surface area contributed by atoms with Crippen molar-refractivity contribution in [3.05, 3.63) is 66.1 Å². The largest absolute Gasteiger partial charge is 0.478 e. The lowest BCUT2D eigenvalue weighted by molar-refractivity contribution is -0.122. The maximum Gasteiger partial charge on any atom is 0.265 e. The van der Waals surface area contributed by atoms with Crippen LogP contribution < -0.4 is 10.1 Å². The van der Waals surface area contributed by atoms with E-state index in [9.17, 15) is 9.18 Å². The molecule has 1 unspecified atom stereocenters. The lowest BCUT2D eigenvalue weighted by atomic mass is 10.1. The van der Waals surface area contributed by atoms with Gasteiger partial charge in [0.15, 0.2) is 17.7 Å². The molecule has 25 heavy (non-hydrogen) atoms. The van der Waals surface area contributed by atoms with Gasteiger partial charge < -0.3 is 10.1 Å². The molecule has 1 heterocycles. The van der Waals surface area contributed by atoms with Crippen molar-refractivity contribution in [1.29, 1.82) is 0 Å². The van der Waals surface area contributed by atoms with Gasteiger partial charge >= 0.3 is 0 Å². The number of aryl methyl sites for hydroxylation is 1. The number of rotatable bonds is 5. The van der Waals surface area contributed by atoms with Crippen molar-refractivity contribution in [3.8, 4) is 5.75 Å². The third-order valence-corrected chi connectivity index (χ3v) is 3.89. The van der Waals surface area contributed by atoms with Gasteiger partial charge in [0, 0.05) is 11.1 Å². The number of pyridine rings is 1. The SMILES string of the molecule is CCC(Oc1ccccc1F)C(=O)Nc1cccc2ccc(C)nc12. The van der Waals surface area contributed by atoms with Crippen LogP contribution in [0.1, 0.15) is 19.0 Å². The van der Waals surface area contributed by atoms with E-state index in [0.717, 1.165) is 16.6 Å². The number of anilines is 1. The van der Waals surface area contributed by atoms with E-state index in [1.807, 2.05) is 38.1 Å². The van der Waals surface area contributed by atoms with E-state index in [0.29, 0.717) is 12.1 Å². The van der Waals surface area contributed by atoms with Crippen molar-refractivity contribution >= 4 is 22.5 Å². The van der Waals surface area contributed by atoms with Crippen LogP contribution in [0.4, 0.5) is 10.1 Å². The Labute approximate surface area is 145 Å². The fourth-order valence-corrected chi connectivity index (χ4v) is 2.57. The van der Waals surface area contributed by atoms with Gasteiger partial charge in [-0.15, -0.1) is 0 Å². The summed E-state index contributed by atoms with van der Waals surface area (Å²) >= 11 is 0. The van der Waals surface area contributed by atoms with Crippen LogP contribution in [0.15, 0.2) is 54.6 Å². The molecule has 1 aromatic heterocycles. The summed E-state index contributed by atoms with van der Waals surface area (Å²) in [5.41, 5.74) is 2.20. The molecule has 0 saturated carbocycles. The topological polar surface area (TPSA) is 51.2 Å². The molecule has 0 radical (unpaired) electrons. The zero-order chi connectivity index (χ0) is 17.8. The number of aromatic nitrogens is 1. The lowest BCUT2D eigenvalue weighted by Gasteiger charge is -2.18. The quantitative estimate of drug-likeness (QED) is 0.746. The second-order valence-electron chi connectivity index (χ2n) is 5.76. The summed E-state index contributed by atoms with van der Waals surface area (Å²) in [5.74, 6) is -0.755. The van der Waals surface area contributed by atoms with Gasteiger partial charge in [-0.1, -0.05) is 37.3 Å². The Kier molecular flexibility index (Phi) is 4.93. The van der Waals surface area contributed by atoms with Crippen LogP contribution in [0.25, 0.3) is 10.9 Å². The predicted molar refractivity (Wildman–Crippen MR) is 96.2 cm³/mol. The second kappa shape index (κ2) is 7.30. The summed E-state index contributed by atoms with van der Waals surface area (Å²) in [7, 11) is 0. The Morgan fingerprint density at radius 2 is 1.96 bits per heavy atom. The minimum atomic E-state index is -0.794. The van der Waals surface area contributed by atoms with E-state index >= 15 is 0 Å². The number of carbonyl (C=O) groups excluding carboxylic acids is 1. The van der Waals surface area contributed by atoms with Crippen LogP contribution in [0.3, 0.4) is 0 Å². The van der Waals surface area contributed by atoms with Gasteiger partial charge in [-0.2, -0.15) is 0 Å². The van der Waals surface area contributed by atoms with Crippen LogP contribution in [0.2, 0.25) is 0 Å². The fraction of sp³-hybridized carbons (Fsp3) is 0.200. The number of nitrogens with one attached hydrogen (secondary N) is 1. The Bertz CT molecular complexity index is 911. The summed E-state index contributed by atoms with van der Waals surface area (Å²) in [6.45, 7) is 3.71. The molecular weight excluding hydrogens is 319 g/mol. The molecule has 0 saturated heterocycles. The molecule has 0 spiro atoms. The first kappa shape index (κ1) is 16.9. The molecule has 0 fully saturated rings. The zero-order valence-electron chi connectivity index (χ0n) is 14.1. The minimum Gasteiger partial charge on any atom is -0.478 e. The van der Waals surface area contributed by atoms with E-state index in [1.54, 1.807) is 18.2 Å². The zero-order valence-corrected chi connectivity index (χ0v) is 14.1. The van der Waals surface area contributed by atoms with Gasteiger partial charge in [0.2, 0.25) is 0 Å². The van der Waals surface area contributed by atoms with Crippen LogP contribution in [0, 0.1) is 12.7 Å². The van der Waals surface area contributed by atoms with Gasteiger partial charge in [0.1, 0.15) is 0 Å². The second-order valence-corrected chi connectivity index (χ2v) is 5.76. The molecule has 3 rings (SSSR count). The highest BCUT2D eigenvalue weighted by atomic mass is 19.1. The molecule has 0 aliphatic carbocycles. The van der Waals surface area contributed by atoms with Crippen LogP contribution in [-0.2, 0) is 4.79 Å². The average molecular weight is 338 g/mol. The average Bonchev–Trinajstić information content (AvgIpc) is 2.61. The molecule has 3 aromatic rings. The molecule has 0 aliphatic heterocycles. The normalized spacial score (nSPS) is 12.0. The number of hydrogen-bond donors (Lipinski definition) is 1. The maximum atomic E-state index is 13.8. The number of para-hydroxylation sites is 2. The number of fused-ring (bicyclic) bond motifs is 1. The van der Waals surface area contributed by atoms with E-state index in [2.05, 4.69) is 10.3 Å². The summed E-state index contributed by atoms with van der Waals surface area (Å²) in [6, 6.07) is 15.5. The Balaban J connectivity index is 1.83. The van der Waals surface area contributed by atoms with Crippen LogP contribution in [0.5, 0.6) is 5.75 Å². The minimum absolute atomic E-state index is 0.0661. The van der Waals surface area contributed by atoms with E-state index in [1.165, 1.54) is 12.1 Å². The standard InChI is InChI=1S/C20H19FN2O2/c1-3-17(25-18-10-5-4-8-15(18)21)20(24)23-16-9-6-7-14-12-11-13(2)22-19(14)16/h4-12,17H,3H2,1-2H3,(H,23,24). The highest BCUT2D eigenvalue weighted by Crippen LogP contribution is 2.23. The molecule has 0 aliphatic rings. The molecule has 128 valence electrons. The number of amides is 1. The molecule has 1 N–H and O–H groups in total. The van der Waals surface area contributed by atoms with Crippen molar-refractivity contribution in [3.63, 3.8) is 0 Å². The summed E-state index contributed by atoms with van der Waals surface area (Å²) in [4.78, 5) is 17.1. The first-order valence-electron chi connectivity index (χ1n) is 8.17. The number of halogens is 1. The lowest BCUT2D eigenvalue weighted by Crippen LogP contribution is -2.32. The van der Waals surface area contributed by atoms with E-state index < -0.39 is 11.9 Å². The molecule has 1 amide bonds. The molecule has 4 nitrogen and oxygen atoms in total. The van der Waals surface area contributed by atoms with Gasteiger partial charge in [0.05, 0.1) is 11.2 Å². The summed E-state index contributed by atoms with van der Waals surface area (Å²) in [6.07, 6.45) is -0.380. The molecule has 5 heteroatoms. The third kappa shape index (κ3) is 3.76. The number of benzene rings is 2. The number of nitrogens with zero attached hydrogens (tertiary/aromatic N) is 1. The van der Waals surface area contributed by atoms with Gasteiger partial charge in [-0.3, -0.25) is 9.78 Å². The molecule has 1 atom stereocenters. The fourth-order valence-electron chi connectivity index (χ4n) is 2.57. The van der Waals surface area contributed by atoms with Crippen LogP contribution >= 0.6 is 0 Å². The highest BCUT2D eigenvalue weighted by Gasteiger charge is 2.20. The van der Waals surface area contributed by atoms with E-state index in [-0.39, 0.29) is 11.7 Å². The smallest absolute Gasteiger partial charge is 0.265 e. The molecule has 2 aromatic carbocycles. The Morgan fingerprint density at radius 3 is 2.72 bits per heavy atom. The summed E-state index contributed by atoms with van der Waals surface area (Å²) in [5, 5.41) is 3.79.